The molecule has 1 heterocycles. The van der Waals surface area contributed by atoms with Crippen LogP contribution in [0, 0.1) is 5.82 Å². The van der Waals surface area contributed by atoms with Crippen LogP contribution in [-0.4, -0.2) is 23.8 Å². The molecule has 2 nitrogen and oxygen atoms in total. The van der Waals surface area contributed by atoms with Crippen molar-refractivity contribution in [2.75, 3.05) is 6.61 Å². The molecule has 5 heteroatoms. The maximum atomic E-state index is 14.1. The fraction of sp³-hybridized carbons (Fsp3) is 0.216. The minimum atomic E-state index is -1.53. The van der Waals surface area contributed by atoms with Gasteiger partial charge in [0.25, 0.3) is 0 Å². The molecule has 5 aromatic rings. The average Bonchev–Trinajstić information content (AvgIpc) is 3.39. The molecule has 1 aliphatic rings. The predicted octanol–water partition coefficient (Wildman–Crippen LogP) is 8.89. The normalized spacial score (nSPS) is 11.6. The Morgan fingerprint density at radius 3 is 2.31 bits per heavy atom. The third-order valence-electron chi connectivity index (χ3n) is 7.89. The first kappa shape index (κ1) is 29.7. The number of benzene rings is 4. The monoisotopic (exact) mass is 590 g/mol. The van der Waals surface area contributed by atoms with Gasteiger partial charge in [-0.3, -0.25) is 0 Å². The lowest BCUT2D eigenvalue weighted by Crippen LogP contribution is -2.41. The maximum absolute atomic E-state index is 14.1. The van der Waals surface area contributed by atoms with Crippen molar-refractivity contribution in [2.24, 2.45) is 0 Å². The Hall–Kier alpha value is -3.81. The van der Waals surface area contributed by atoms with Gasteiger partial charge in [0.05, 0.1) is 14.7 Å². The topological polar surface area (TPSA) is 18.5 Å². The van der Waals surface area contributed by atoms with Crippen molar-refractivity contribution in [3.05, 3.63) is 137 Å². The summed E-state index contributed by atoms with van der Waals surface area (Å²) in [4.78, 5) is 0. The molecular formula is C37H39FO2Si2. The summed E-state index contributed by atoms with van der Waals surface area (Å²) >= 11 is 0. The first-order chi connectivity index (χ1) is 20.4. The number of rotatable bonds is 9. The molecule has 0 radical (unpaired) electrons. The average molecular weight is 591 g/mol. The van der Waals surface area contributed by atoms with Crippen LogP contribution >= 0.6 is 0 Å². The zero-order chi connectivity index (χ0) is 29.4. The molecule has 1 aromatic heterocycles. The highest BCUT2D eigenvalue weighted by molar-refractivity contribution is 6.89. The van der Waals surface area contributed by atoms with E-state index in [1.165, 1.54) is 40.4 Å². The molecule has 1 aliphatic carbocycles. The van der Waals surface area contributed by atoms with Gasteiger partial charge in [-0.15, -0.1) is 0 Å². The summed E-state index contributed by atoms with van der Waals surface area (Å²) in [6.45, 7) is 7.49. The summed E-state index contributed by atoms with van der Waals surface area (Å²) < 4.78 is 25.4. The van der Waals surface area contributed by atoms with Gasteiger partial charge in [-0.1, -0.05) is 114 Å². The van der Waals surface area contributed by atoms with Crippen molar-refractivity contribution in [1.82, 2.24) is 0 Å². The zero-order valence-corrected chi connectivity index (χ0v) is 26.9. The number of para-hydroxylation sites is 1. The Labute approximate surface area is 252 Å². The smallest absolute Gasteiger partial charge is 0.165 e. The van der Waals surface area contributed by atoms with Gasteiger partial charge in [0.2, 0.25) is 0 Å². The summed E-state index contributed by atoms with van der Waals surface area (Å²) in [5, 5.41) is 3.11. The van der Waals surface area contributed by atoms with Gasteiger partial charge < -0.3 is 9.47 Å². The molecule has 4 aromatic carbocycles. The number of hydrogen-bond acceptors (Lipinski definition) is 2. The number of aryl methyl sites for hydroxylation is 1. The standard InChI is InChI=1S/C25H29FO2Si.C12H10Si/c1-4-27-21-13-15-23(16-14-21)29(2,3)18-8-9-20-12-17-24(26)25(19-20)28-22-10-6-5-7-11-22;1-2-5-10-9(4-1)8-12-11(10)6-3-7-13-12/h5-7,10-17,19H,4,8-9,18H2,1-3H3;1-7,13H,8H2. The van der Waals surface area contributed by atoms with Gasteiger partial charge in [0, 0.05) is 9.12 Å². The third-order valence-corrected chi connectivity index (χ3v) is 12.7. The van der Waals surface area contributed by atoms with Gasteiger partial charge in [0.15, 0.2) is 11.6 Å². The van der Waals surface area contributed by atoms with Crippen LogP contribution < -0.4 is 14.7 Å². The lowest BCUT2D eigenvalue weighted by molar-refractivity contribution is 0.340. The van der Waals surface area contributed by atoms with Crippen LogP contribution in [0.3, 0.4) is 0 Å². The second-order valence-corrected chi connectivity index (χ2v) is 17.6. The van der Waals surface area contributed by atoms with Gasteiger partial charge in [-0.2, -0.15) is 0 Å². The number of ether oxygens (including phenoxy) is 2. The quantitative estimate of drug-likeness (QED) is 0.157. The first-order valence-corrected chi connectivity index (χ1v) is 19.3. The number of halogens is 1. The highest BCUT2D eigenvalue weighted by Gasteiger charge is 2.23. The van der Waals surface area contributed by atoms with Crippen LogP contribution in [0.1, 0.15) is 29.6 Å². The van der Waals surface area contributed by atoms with Gasteiger partial charge >= 0.3 is 0 Å². The summed E-state index contributed by atoms with van der Waals surface area (Å²) in [5.74, 6) is 1.53. The van der Waals surface area contributed by atoms with E-state index in [2.05, 4.69) is 79.4 Å². The van der Waals surface area contributed by atoms with Crippen molar-refractivity contribution in [2.45, 2.75) is 45.3 Å². The molecule has 0 atom stereocenters. The molecule has 0 unspecified atom stereocenters. The Bertz CT molecular complexity index is 1560. The fourth-order valence-electron chi connectivity index (χ4n) is 5.52. The summed E-state index contributed by atoms with van der Waals surface area (Å²) in [5.41, 5.74) is 7.92. The molecule has 0 aliphatic heterocycles. The molecular weight excluding hydrogens is 552 g/mol. The first-order valence-electron chi connectivity index (χ1n) is 14.8. The largest absolute Gasteiger partial charge is 0.494 e. The van der Waals surface area contributed by atoms with E-state index in [-0.39, 0.29) is 11.6 Å². The second kappa shape index (κ2) is 13.9. The highest BCUT2D eigenvalue weighted by Crippen LogP contribution is 2.34. The molecule has 0 bridgehead atoms. The molecule has 0 amide bonds. The van der Waals surface area contributed by atoms with Crippen LogP contribution in [0.25, 0.3) is 11.1 Å². The predicted molar refractivity (Wildman–Crippen MR) is 178 cm³/mol. The molecule has 0 spiro atoms. The van der Waals surface area contributed by atoms with Crippen molar-refractivity contribution >= 4 is 22.4 Å². The van der Waals surface area contributed by atoms with Crippen LogP contribution in [0.5, 0.6) is 17.2 Å². The Morgan fingerprint density at radius 2 is 1.52 bits per heavy atom. The fourth-order valence-corrected chi connectivity index (χ4v) is 9.17. The highest BCUT2D eigenvalue weighted by atomic mass is 28.3. The second-order valence-electron chi connectivity index (χ2n) is 11.4. The molecule has 0 fully saturated rings. The maximum Gasteiger partial charge on any atom is 0.165 e. The Kier molecular flexibility index (Phi) is 9.83. The van der Waals surface area contributed by atoms with E-state index in [9.17, 15) is 4.39 Å². The Morgan fingerprint density at radius 1 is 0.786 bits per heavy atom. The van der Waals surface area contributed by atoms with E-state index in [0.717, 1.165) is 24.2 Å². The third kappa shape index (κ3) is 7.52. The molecule has 6 rings (SSSR count). The van der Waals surface area contributed by atoms with Gasteiger partial charge in [0.1, 0.15) is 11.5 Å². The minimum Gasteiger partial charge on any atom is -0.494 e. The molecule has 0 N–H and O–H groups in total. The van der Waals surface area contributed by atoms with Crippen molar-refractivity contribution < 1.29 is 13.9 Å². The van der Waals surface area contributed by atoms with Crippen LogP contribution in [-0.2, 0) is 12.8 Å². The lowest BCUT2D eigenvalue weighted by atomic mass is 10.1. The van der Waals surface area contributed by atoms with E-state index in [1.54, 1.807) is 5.17 Å². The van der Waals surface area contributed by atoms with Crippen LogP contribution in [0.15, 0.2) is 115 Å². The van der Waals surface area contributed by atoms with E-state index in [4.69, 9.17) is 9.47 Å². The van der Waals surface area contributed by atoms with E-state index in [0.29, 0.717) is 21.5 Å². The number of fused-ring (bicyclic) bond motifs is 3. The van der Waals surface area contributed by atoms with Gasteiger partial charge in [-0.05, 0) is 78.4 Å². The van der Waals surface area contributed by atoms with Crippen LogP contribution in [0.4, 0.5) is 4.39 Å². The summed E-state index contributed by atoms with van der Waals surface area (Å²) in [7, 11) is -1.10. The number of hydrogen-bond donors (Lipinski definition) is 0. The van der Waals surface area contributed by atoms with Crippen molar-refractivity contribution in [3.63, 3.8) is 0 Å². The van der Waals surface area contributed by atoms with Crippen LogP contribution in [0.2, 0.25) is 19.1 Å². The summed E-state index contributed by atoms with van der Waals surface area (Å²) in [6.07, 6.45) is 3.18. The van der Waals surface area contributed by atoms with Gasteiger partial charge in [-0.25, -0.2) is 4.39 Å². The molecule has 214 valence electrons. The lowest BCUT2D eigenvalue weighted by Gasteiger charge is -2.23. The molecule has 0 saturated carbocycles. The SMILES string of the molecule is CCOc1ccc([Si](C)(C)CCCc2ccc(F)c(Oc3ccccc3)c2)cc1.c1ccc2c(c1)Cc1[siH]cccc1-2. The molecule has 42 heavy (non-hydrogen) atoms. The van der Waals surface area contributed by atoms with Crippen molar-refractivity contribution in [3.8, 4) is 28.4 Å². The van der Waals surface area contributed by atoms with E-state index in [1.807, 2.05) is 49.4 Å². The zero-order valence-electron chi connectivity index (χ0n) is 24.8. The summed E-state index contributed by atoms with van der Waals surface area (Å²) in [6, 6.07) is 37.5. The van der Waals surface area contributed by atoms with Crippen molar-refractivity contribution in [1.29, 1.82) is 0 Å². The minimum absolute atomic E-state index is 0.289. The van der Waals surface area contributed by atoms with E-state index < -0.39 is 8.07 Å². The van der Waals surface area contributed by atoms with E-state index >= 15 is 0 Å². The Balaban J connectivity index is 0.000000222. The molecule has 0 saturated heterocycles.